The topological polar surface area (TPSA) is 35.2 Å². The molecule has 0 heterocycles. The van der Waals surface area contributed by atoms with Gasteiger partial charge in [0, 0.05) is 22.3 Å². The van der Waals surface area contributed by atoms with Crippen LogP contribution in [0.1, 0.15) is 24.1 Å². The number of nitrogens with two attached hydrogens (primary N) is 1. The maximum atomic E-state index is 5.84. The molecule has 2 rings (SSSR count). The van der Waals surface area contributed by atoms with Gasteiger partial charge in [-0.25, -0.2) is 0 Å². The highest BCUT2D eigenvalue weighted by atomic mass is 32.2. The monoisotopic (exact) mass is 273 g/mol. The maximum Gasteiger partial charge on any atom is 0.122 e. The average Bonchev–Trinajstić information content (AvgIpc) is 2.45. The summed E-state index contributed by atoms with van der Waals surface area (Å²) >= 11 is 1.80. The van der Waals surface area contributed by atoms with Crippen LogP contribution in [0.15, 0.2) is 53.4 Å². The molecule has 2 aromatic rings. The van der Waals surface area contributed by atoms with Crippen molar-refractivity contribution in [2.45, 2.75) is 23.6 Å². The lowest BCUT2D eigenvalue weighted by molar-refractivity contribution is 0.411. The van der Waals surface area contributed by atoms with Crippen LogP contribution in [0.25, 0.3) is 0 Å². The molecule has 0 saturated carbocycles. The zero-order valence-electron chi connectivity index (χ0n) is 11.3. The fraction of sp³-hybridized carbons (Fsp3) is 0.250. The summed E-state index contributed by atoms with van der Waals surface area (Å²) in [7, 11) is 1.71. The quantitative estimate of drug-likeness (QED) is 0.836. The third kappa shape index (κ3) is 3.75. The van der Waals surface area contributed by atoms with Gasteiger partial charge < -0.3 is 10.5 Å². The fourth-order valence-electron chi connectivity index (χ4n) is 1.85. The van der Waals surface area contributed by atoms with Gasteiger partial charge in [-0.2, -0.15) is 0 Å². The second-order valence-corrected chi connectivity index (χ2v) is 5.51. The van der Waals surface area contributed by atoms with Crippen LogP contribution < -0.4 is 10.5 Å². The van der Waals surface area contributed by atoms with E-state index in [1.807, 2.05) is 25.1 Å². The highest BCUT2D eigenvalue weighted by Crippen LogP contribution is 2.28. The molecule has 0 fully saturated rings. The Labute approximate surface area is 119 Å². The molecule has 3 heteroatoms. The van der Waals surface area contributed by atoms with Crippen LogP contribution in [0.4, 0.5) is 0 Å². The molecule has 0 radical (unpaired) electrons. The molecule has 1 unspecified atom stereocenters. The number of thioether (sulfide) groups is 1. The summed E-state index contributed by atoms with van der Waals surface area (Å²) in [5.41, 5.74) is 8.23. The number of rotatable bonds is 5. The molecular formula is C16H19NOS. The van der Waals surface area contributed by atoms with E-state index >= 15 is 0 Å². The van der Waals surface area contributed by atoms with Gasteiger partial charge in [0.2, 0.25) is 0 Å². The van der Waals surface area contributed by atoms with Gasteiger partial charge in [-0.15, -0.1) is 11.8 Å². The Morgan fingerprint density at radius 1 is 1.11 bits per heavy atom. The van der Waals surface area contributed by atoms with Crippen LogP contribution in [-0.2, 0) is 5.75 Å². The Bertz CT molecular complexity index is 523. The zero-order valence-corrected chi connectivity index (χ0v) is 12.1. The lowest BCUT2D eigenvalue weighted by Crippen LogP contribution is -2.04. The minimum atomic E-state index is 0.0910. The number of hydrogen-bond acceptors (Lipinski definition) is 3. The van der Waals surface area contributed by atoms with Crippen molar-refractivity contribution in [1.29, 1.82) is 0 Å². The molecule has 0 bridgehead atoms. The van der Waals surface area contributed by atoms with Crippen molar-refractivity contribution < 1.29 is 4.74 Å². The van der Waals surface area contributed by atoms with Crippen molar-refractivity contribution >= 4 is 11.8 Å². The van der Waals surface area contributed by atoms with E-state index in [1.165, 1.54) is 16.0 Å². The molecule has 2 N–H and O–H groups in total. The standard InChI is InChI=1S/C16H19NOS/c1-12(17)13-7-9-15(10-8-13)19-11-14-5-3-4-6-16(14)18-2/h3-10,12H,11,17H2,1-2H3. The Balaban J connectivity index is 2.02. The first-order valence-electron chi connectivity index (χ1n) is 6.31. The van der Waals surface area contributed by atoms with Crippen LogP contribution in [0.2, 0.25) is 0 Å². The Morgan fingerprint density at radius 2 is 1.79 bits per heavy atom. The highest BCUT2D eigenvalue weighted by molar-refractivity contribution is 7.98. The number of methoxy groups -OCH3 is 1. The summed E-state index contributed by atoms with van der Waals surface area (Å²) in [4.78, 5) is 1.25. The predicted octanol–water partition coefficient (Wildman–Crippen LogP) is 4.01. The minimum absolute atomic E-state index is 0.0910. The van der Waals surface area contributed by atoms with E-state index < -0.39 is 0 Å². The summed E-state index contributed by atoms with van der Waals surface area (Å²) in [6.45, 7) is 2.00. The second kappa shape index (κ2) is 6.64. The largest absolute Gasteiger partial charge is 0.496 e. The molecule has 0 aliphatic carbocycles. The summed E-state index contributed by atoms with van der Waals surface area (Å²) < 4.78 is 5.35. The van der Waals surface area contributed by atoms with E-state index in [1.54, 1.807) is 18.9 Å². The molecular weight excluding hydrogens is 254 g/mol. The molecule has 0 aliphatic heterocycles. The number of hydrogen-bond donors (Lipinski definition) is 1. The van der Waals surface area contributed by atoms with Gasteiger partial charge in [-0.1, -0.05) is 30.3 Å². The lowest BCUT2D eigenvalue weighted by Gasteiger charge is -2.09. The molecule has 0 aliphatic rings. The number of para-hydroxylation sites is 1. The Morgan fingerprint density at radius 3 is 2.42 bits per heavy atom. The van der Waals surface area contributed by atoms with Gasteiger partial charge in [0.05, 0.1) is 7.11 Å². The van der Waals surface area contributed by atoms with Crippen LogP contribution in [0.5, 0.6) is 5.75 Å². The van der Waals surface area contributed by atoms with Crippen LogP contribution >= 0.6 is 11.8 Å². The van der Waals surface area contributed by atoms with Crippen molar-refractivity contribution in [3.05, 3.63) is 59.7 Å². The molecule has 1 atom stereocenters. The molecule has 0 saturated heterocycles. The third-order valence-corrected chi connectivity index (χ3v) is 4.05. The first-order chi connectivity index (χ1) is 9.20. The van der Waals surface area contributed by atoms with Crippen LogP contribution in [0.3, 0.4) is 0 Å². The third-order valence-electron chi connectivity index (χ3n) is 2.99. The van der Waals surface area contributed by atoms with Crippen molar-refractivity contribution in [1.82, 2.24) is 0 Å². The van der Waals surface area contributed by atoms with E-state index in [0.717, 1.165) is 11.5 Å². The van der Waals surface area contributed by atoms with Gasteiger partial charge in [0.25, 0.3) is 0 Å². The van der Waals surface area contributed by atoms with E-state index in [2.05, 4.69) is 30.3 Å². The van der Waals surface area contributed by atoms with Crippen molar-refractivity contribution in [3.63, 3.8) is 0 Å². The lowest BCUT2D eigenvalue weighted by atomic mass is 10.1. The van der Waals surface area contributed by atoms with Crippen molar-refractivity contribution in [2.24, 2.45) is 5.73 Å². The Hall–Kier alpha value is -1.45. The van der Waals surface area contributed by atoms with E-state index in [4.69, 9.17) is 10.5 Å². The number of ether oxygens (including phenoxy) is 1. The fourth-order valence-corrected chi connectivity index (χ4v) is 2.74. The smallest absolute Gasteiger partial charge is 0.122 e. The first kappa shape index (κ1) is 14.0. The first-order valence-corrected chi connectivity index (χ1v) is 7.29. The normalized spacial score (nSPS) is 12.2. The van der Waals surface area contributed by atoms with Crippen LogP contribution in [-0.4, -0.2) is 7.11 Å². The minimum Gasteiger partial charge on any atom is -0.496 e. The predicted molar refractivity (Wildman–Crippen MR) is 81.6 cm³/mol. The SMILES string of the molecule is COc1ccccc1CSc1ccc(C(C)N)cc1. The highest BCUT2D eigenvalue weighted by Gasteiger charge is 2.03. The molecule has 2 nitrogen and oxygen atoms in total. The van der Waals surface area contributed by atoms with Gasteiger partial charge in [-0.05, 0) is 30.7 Å². The number of benzene rings is 2. The molecule has 0 spiro atoms. The summed E-state index contributed by atoms with van der Waals surface area (Å²) in [5, 5.41) is 0. The summed E-state index contributed by atoms with van der Waals surface area (Å²) in [5.74, 6) is 1.85. The van der Waals surface area contributed by atoms with E-state index in [9.17, 15) is 0 Å². The average molecular weight is 273 g/mol. The Kier molecular flexibility index (Phi) is 4.88. The molecule has 100 valence electrons. The molecule has 0 aromatic heterocycles. The van der Waals surface area contributed by atoms with E-state index in [-0.39, 0.29) is 6.04 Å². The van der Waals surface area contributed by atoms with Crippen molar-refractivity contribution in [3.8, 4) is 5.75 Å². The van der Waals surface area contributed by atoms with Gasteiger partial charge >= 0.3 is 0 Å². The van der Waals surface area contributed by atoms with Gasteiger partial charge in [-0.3, -0.25) is 0 Å². The summed E-state index contributed by atoms with van der Waals surface area (Å²) in [6, 6.07) is 16.6. The molecule has 19 heavy (non-hydrogen) atoms. The van der Waals surface area contributed by atoms with Crippen LogP contribution in [0, 0.1) is 0 Å². The molecule has 0 amide bonds. The van der Waals surface area contributed by atoms with Crippen molar-refractivity contribution in [2.75, 3.05) is 7.11 Å². The molecule has 2 aromatic carbocycles. The summed E-state index contributed by atoms with van der Waals surface area (Å²) in [6.07, 6.45) is 0. The second-order valence-electron chi connectivity index (χ2n) is 4.46. The van der Waals surface area contributed by atoms with E-state index in [0.29, 0.717) is 0 Å². The zero-order chi connectivity index (χ0) is 13.7. The van der Waals surface area contributed by atoms with Gasteiger partial charge in [0.15, 0.2) is 0 Å². The maximum absolute atomic E-state index is 5.84. The van der Waals surface area contributed by atoms with Gasteiger partial charge in [0.1, 0.15) is 5.75 Å².